The van der Waals surface area contributed by atoms with Crippen molar-refractivity contribution < 1.29 is 42.3 Å². The molecule has 0 aliphatic heterocycles. The van der Waals surface area contributed by atoms with E-state index in [1.54, 1.807) is 0 Å². The molecule has 0 bridgehead atoms. The molecule has 0 aliphatic rings. The van der Waals surface area contributed by atoms with Gasteiger partial charge in [-0.1, -0.05) is 0 Å². The van der Waals surface area contributed by atoms with Crippen LogP contribution in [-0.4, -0.2) is 40.6 Å². The number of hydrogen-bond acceptors (Lipinski definition) is 2. The fourth-order valence-corrected chi connectivity index (χ4v) is 0. The van der Waals surface area contributed by atoms with Gasteiger partial charge in [-0.25, -0.2) is 0 Å². The van der Waals surface area contributed by atoms with Crippen molar-refractivity contribution in [1.29, 1.82) is 0 Å². The summed E-state index contributed by atoms with van der Waals surface area (Å²) in [5.74, 6) is 0. The first-order chi connectivity index (χ1) is 2.00. The third kappa shape index (κ3) is 189. The second-order valence-corrected chi connectivity index (χ2v) is 1.34. The Balaban J connectivity index is -0.0000000267. The van der Waals surface area contributed by atoms with E-state index in [2.05, 4.69) is 0 Å². The molecule has 0 aromatic heterocycles. The largest absolute Gasteiger partial charge is 2.00 e. The van der Waals surface area contributed by atoms with Gasteiger partial charge in [-0.15, -0.1) is 0 Å². The molecule has 0 aromatic rings. The van der Waals surface area contributed by atoms with Crippen LogP contribution in [0.4, 0.5) is 0 Å². The van der Waals surface area contributed by atoms with E-state index in [0.717, 1.165) is 0 Å². The van der Waals surface area contributed by atoms with Gasteiger partial charge in [0.2, 0.25) is 0 Å². The molecule has 0 aromatic carbocycles. The summed E-state index contributed by atoms with van der Waals surface area (Å²) in [5, 5.41) is 0. The smallest absolute Gasteiger partial charge is 1.00 e. The summed E-state index contributed by atoms with van der Waals surface area (Å²) in [6, 6.07) is 0. The van der Waals surface area contributed by atoms with Crippen LogP contribution in [0.2, 0.25) is 0 Å². The second-order valence-electron chi connectivity index (χ2n) is 0.448. The molecule has 0 spiro atoms. The topological polar surface area (TPSA) is 74.6 Å². The van der Waals surface area contributed by atoms with E-state index in [4.69, 9.17) is 17.5 Å². The van der Waals surface area contributed by atoms with Crippen molar-refractivity contribution in [3.05, 3.63) is 0 Å². The molecule has 0 radical (unpaired) electrons. The van der Waals surface area contributed by atoms with E-state index in [1.165, 1.54) is 0 Å². The Morgan fingerprint density at radius 3 is 1.00 bits per heavy atom. The third-order valence-electron chi connectivity index (χ3n) is 0. The Labute approximate surface area is 75.6 Å². The monoisotopic (exact) mass is 192 g/mol. The first-order valence-corrected chi connectivity index (χ1v) is 2.10. The summed E-state index contributed by atoms with van der Waals surface area (Å²) >= 11 is 0. The van der Waals surface area contributed by atoms with Crippen LogP contribution in [0.5, 0.6) is 0 Å². The fraction of sp³-hybridized carbons (Fsp3) is 0. The second kappa shape index (κ2) is 8.22. The summed E-state index contributed by atoms with van der Waals surface area (Å²) in [4.78, 5) is 0. The standard InChI is InChI=1S/2ClH.Mg.H2O4S/c;;;1-5(2,3)4/h2*1H;;(H2,1,2,3,4)/q;;+2;/p-2. The Bertz CT molecular complexity index is 97.2. The first kappa shape index (κ1) is 22.9. The van der Waals surface area contributed by atoms with Gasteiger partial charge in [-0.2, -0.15) is 8.42 Å². The average molecular weight is 193 g/mol. The third-order valence-corrected chi connectivity index (χ3v) is 0. The molecule has 0 saturated heterocycles. The van der Waals surface area contributed by atoms with Crippen LogP contribution >= 0.6 is 0 Å². The Kier molecular flexibility index (Phi) is 23.5. The van der Waals surface area contributed by atoms with Crippen LogP contribution in [-0.2, 0) is 10.4 Å². The maximum absolute atomic E-state index is 8.74. The van der Waals surface area contributed by atoms with Gasteiger partial charge in [-0.05, 0) is 0 Å². The fourth-order valence-electron chi connectivity index (χ4n) is 0. The molecule has 0 aliphatic carbocycles. The van der Waals surface area contributed by atoms with Gasteiger partial charge < -0.3 is 24.8 Å². The minimum atomic E-state index is -4.67. The summed E-state index contributed by atoms with van der Waals surface area (Å²) in [6.07, 6.45) is 0. The molecule has 8 heteroatoms. The van der Waals surface area contributed by atoms with E-state index < -0.39 is 10.4 Å². The maximum Gasteiger partial charge on any atom is 2.00 e. The zero-order valence-corrected chi connectivity index (χ0v) is 7.32. The van der Waals surface area contributed by atoms with Crippen LogP contribution < -0.4 is 24.8 Å². The Morgan fingerprint density at radius 1 is 1.00 bits per heavy atom. The quantitative estimate of drug-likeness (QED) is 0.296. The van der Waals surface area contributed by atoms with Gasteiger partial charge in [-0.3, -0.25) is 9.11 Å². The zero-order chi connectivity index (χ0) is 4.50. The summed E-state index contributed by atoms with van der Waals surface area (Å²) in [5.41, 5.74) is 0. The average Bonchev–Trinajstić information content (AvgIpc) is 0.722. The SMILES string of the molecule is O=S(=O)(O)O.[Cl-].[Cl-].[Mg+2]. The van der Waals surface area contributed by atoms with Gasteiger partial charge in [0.1, 0.15) is 0 Å². The molecule has 4 nitrogen and oxygen atoms in total. The van der Waals surface area contributed by atoms with Crippen LogP contribution in [0.15, 0.2) is 0 Å². The number of rotatable bonds is 0. The van der Waals surface area contributed by atoms with Crippen molar-refractivity contribution >= 4 is 33.5 Å². The summed E-state index contributed by atoms with van der Waals surface area (Å²) in [7, 11) is -4.67. The van der Waals surface area contributed by atoms with E-state index in [1.807, 2.05) is 0 Å². The normalized spacial score (nSPS) is 7.25. The van der Waals surface area contributed by atoms with Gasteiger partial charge in [0.15, 0.2) is 0 Å². The predicted octanol–water partition coefficient (Wildman–Crippen LogP) is -7.03. The van der Waals surface area contributed by atoms with E-state index >= 15 is 0 Å². The zero-order valence-electron chi connectivity index (χ0n) is 3.58. The molecule has 8 heavy (non-hydrogen) atoms. The van der Waals surface area contributed by atoms with Gasteiger partial charge in [0.05, 0.1) is 0 Å². The molecule has 48 valence electrons. The van der Waals surface area contributed by atoms with Crippen molar-refractivity contribution in [1.82, 2.24) is 0 Å². The molecule has 2 N–H and O–H groups in total. The minimum absolute atomic E-state index is 0. The molecule has 0 atom stereocenters. The molecular formula is H2Cl2MgO4S. The summed E-state index contributed by atoms with van der Waals surface area (Å²) in [6.45, 7) is 0. The van der Waals surface area contributed by atoms with Crippen LogP contribution in [0, 0.1) is 0 Å². The van der Waals surface area contributed by atoms with Crippen LogP contribution in [0.3, 0.4) is 0 Å². The maximum atomic E-state index is 8.74. The molecule has 0 fully saturated rings. The molecule has 0 rings (SSSR count). The van der Waals surface area contributed by atoms with E-state index in [0.29, 0.717) is 0 Å². The summed E-state index contributed by atoms with van der Waals surface area (Å²) < 4.78 is 31.6. The Morgan fingerprint density at radius 2 is 1.00 bits per heavy atom. The van der Waals surface area contributed by atoms with Gasteiger partial charge >= 0.3 is 33.5 Å². The van der Waals surface area contributed by atoms with Gasteiger partial charge in [0, 0.05) is 0 Å². The van der Waals surface area contributed by atoms with Crippen LogP contribution in [0.1, 0.15) is 0 Å². The van der Waals surface area contributed by atoms with Crippen molar-refractivity contribution in [3.63, 3.8) is 0 Å². The predicted molar refractivity (Wildman–Crippen MR) is 19.9 cm³/mol. The van der Waals surface area contributed by atoms with E-state index in [9.17, 15) is 0 Å². The van der Waals surface area contributed by atoms with Crippen molar-refractivity contribution in [3.8, 4) is 0 Å². The molecule has 0 unspecified atom stereocenters. The Hall–Kier alpha value is 1.22. The van der Waals surface area contributed by atoms with E-state index in [-0.39, 0.29) is 47.9 Å². The first-order valence-electron chi connectivity index (χ1n) is 0.698. The molecule has 0 heterocycles. The number of halogens is 2. The minimum Gasteiger partial charge on any atom is -1.00 e. The van der Waals surface area contributed by atoms with Crippen molar-refractivity contribution in [2.45, 2.75) is 0 Å². The van der Waals surface area contributed by atoms with Crippen molar-refractivity contribution in [2.24, 2.45) is 0 Å². The van der Waals surface area contributed by atoms with Gasteiger partial charge in [0.25, 0.3) is 0 Å². The van der Waals surface area contributed by atoms with Crippen LogP contribution in [0.25, 0.3) is 0 Å². The number of hydrogen-bond donors (Lipinski definition) is 2. The molecule has 0 amide bonds. The molecule has 0 saturated carbocycles. The molecular weight excluding hydrogens is 191 g/mol. The van der Waals surface area contributed by atoms with Crippen molar-refractivity contribution in [2.75, 3.05) is 0 Å².